The number of rotatable bonds is 1. The van der Waals surface area contributed by atoms with Gasteiger partial charge in [-0.25, -0.2) is 4.79 Å². The van der Waals surface area contributed by atoms with Crippen molar-refractivity contribution < 1.29 is 14.3 Å². The standard InChI is InChI=1S/C22H27N3O3/c1-22(2,3)28-21(27)25-12-13-10-18-16(15-7-6-8-17(25)19(13)15)9-14(11-24(18)5)20(26)23-4/h6-9,12,14,18H,10-11H2,1-5H3,(H,23,26). The van der Waals surface area contributed by atoms with Gasteiger partial charge in [0.2, 0.25) is 5.91 Å². The van der Waals surface area contributed by atoms with Gasteiger partial charge in [-0.3, -0.25) is 14.3 Å². The summed E-state index contributed by atoms with van der Waals surface area (Å²) in [6.07, 6.45) is 4.46. The molecule has 2 atom stereocenters. The first-order valence-electron chi connectivity index (χ1n) is 9.70. The van der Waals surface area contributed by atoms with Crippen LogP contribution in [0.25, 0.3) is 16.5 Å². The Kier molecular flexibility index (Phi) is 4.34. The van der Waals surface area contributed by atoms with Crippen LogP contribution in [0.1, 0.15) is 31.9 Å². The third-order valence-corrected chi connectivity index (χ3v) is 5.56. The lowest BCUT2D eigenvalue weighted by Crippen LogP contribution is -2.46. The largest absolute Gasteiger partial charge is 0.443 e. The van der Waals surface area contributed by atoms with Crippen LogP contribution < -0.4 is 5.32 Å². The minimum atomic E-state index is -0.552. The van der Waals surface area contributed by atoms with Crippen molar-refractivity contribution in [1.29, 1.82) is 0 Å². The maximum absolute atomic E-state index is 12.8. The highest BCUT2D eigenvalue weighted by Crippen LogP contribution is 2.41. The van der Waals surface area contributed by atoms with E-state index in [-0.39, 0.29) is 24.0 Å². The fourth-order valence-electron chi connectivity index (χ4n) is 4.37. The SMILES string of the molecule is CNC(=O)C1C=C2c3cccc4c3c(cn4C(=O)OC(C)(C)C)CC2N(C)C1. The van der Waals surface area contributed by atoms with Gasteiger partial charge >= 0.3 is 6.09 Å². The third-order valence-electron chi connectivity index (χ3n) is 5.56. The number of nitrogens with zero attached hydrogens (tertiary/aromatic N) is 2. The molecule has 0 radical (unpaired) electrons. The highest BCUT2D eigenvalue weighted by molar-refractivity contribution is 6.02. The molecular weight excluding hydrogens is 354 g/mol. The fraction of sp³-hybridized carbons (Fsp3) is 0.455. The molecule has 148 valence electrons. The minimum absolute atomic E-state index is 0.0297. The number of nitrogens with one attached hydrogen (secondary N) is 1. The Bertz CT molecular complexity index is 996. The van der Waals surface area contributed by atoms with Crippen LogP contribution in [0.5, 0.6) is 0 Å². The molecule has 1 aliphatic carbocycles. The molecule has 2 heterocycles. The van der Waals surface area contributed by atoms with Crippen molar-refractivity contribution in [2.45, 2.75) is 38.8 Å². The van der Waals surface area contributed by atoms with Crippen LogP contribution in [-0.2, 0) is 16.0 Å². The highest BCUT2D eigenvalue weighted by atomic mass is 16.6. The van der Waals surface area contributed by atoms with Crippen LogP contribution in [0.3, 0.4) is 0 Å². The number of aromatic nitrogens is 1. The average Bonchev–Trinajstić information content (AvgIpc) is 3.00. The molecule has 0 spiro atoms. The summed E-state index contributed by atoms with van der Waals surface area (Å²) in [5.74, 6) is -0.145. The van der Waals surface area contributed by atoms with Crippen LogP contribution in [0, 0.1) is 5.92 Å². The second-order valence-corrected chi connectivity index (χ2v) is 8.71. The van der Waals surface area contributed by atoms with Gasteiger partial charge in [0.05, 0.1) is 11.4 Å². The second kappa shape index (κ2) is 6.48. The third kappa shape index (κ3) is 3.02. The number of likely N-dealkylation sites (N-methyl/N-ethyl adjacent to an activating group) is 1. The first kappa shape index (κ1) is 18.7. The Morgan fingerprint density at radius 1 is 1.25 bits per heavy atom. The van der Waals surface area contributed by atoms with Crippen LogP contribution in [0.15, 0.2) is 30.5 Å². The molecule has 1 aliphatic heterocycles. The van der Waals surface area contributed by atoms with E-state index >= 15 is 0 Å². The van der Waals surface area contributed by atoms with Gasteiger partial charge in [0, 0.05) is 31.2 Å². The number of benzene rings is 1. The molecular formula is C22H27N3O3. The van der Waals surface area contributed by atoms with E-state index in [2.05, 4.69) is 29.4 Å². The number of fused-ring (bicyclic) bond motifs is 2. The van der Waals surface area contributed by atoms with Gasteiger partial charge in [0.15, 0.2) is 0 Å². The summed E-state index contributed by atoms with van der Waals surface area (Å²) in [5, 5.41) is 3.84. The van der Waals surface area contributed by atoms with E-state index in [1.807, 2.05) is 39.1 Å². The molecule has 6 nitrogen and oxygen atoms in total. The van der Waals surface area contributed by atoms with Crippen molar-refractivity contribution in [3.8, 4) is 0 Å². The summed E-state index contributed by atoms with van der Waals surface area (Å²) in [7, 11) is 3.73. The van der Waals surface area contributed by atoms with E-state index in [1.165, 1.54) is 5.57 Å². The quantitative estimate of drug-likeness (QED) is 0.825. The maximum Gasteiger partial charge on any atom is 0.419 e. The minimum Gasteiger partial charge on any atom is -0.443 e. The lowest BCUT2D eigenvalue weighted by Gasteiger charge is -2.39. The Morgan fingerprint density at radius 2 is 2.00 bits per heavy atom. The number of hydrogen-bond acceptors (Lipinski definition) is 4. The fourth-order valence-corrected chi connectivity index (χ4v) is 4.37. The van der Waals surface area contributed by atoms with E-state index in [0.717, 1.165) is 28.5 Å². The molecule has 2 unspecified atom stereocenters. The molecule has 1 N–H and O–H groups in total. The van der Waals surface area contributed by atoms with Crippen molar-refractivity contribution in [2.24, 2.45) is 5.92 Å². The monoisotopic (exact) mass is 381 g/mol. The Hall–Kier alpha value is -2.60. The molecule has 0 bridgehead atoms. The van der Waals surface area contributed by atoms with Crippen molar-refractivity contribution in [1.82, 2.24) is 14.8 Å². The average molecular weight is 381 g/mol. The van der Waals surface area contributed by atoms with E-state index < -0.39 is 5.60 Å². The number of ether oxygens (including phenoxy) is 1. The molecule has 2 aliphatic rings. The van der Waals surface area contributed by atoms with E-state index in [0.29, 0.717) is 6.54 Å². The molecule has 6 heteroatoms. The lowest BCUT2D eigenvalue weighted by molar-refractivity contribution is -0.123. The summed E-state index contributed by atoms with van der Waals surface area (Å²) in [6, 6.07) is 6.21. The zero-order valence-corrected chi connectivity index (χ0v) is 17.1. The van der Waals surface area contributed by atoms with Crippen molar-refractivity contribution >= 4 is 28.5 Å². The van der Waals surface area contributed by atoms with E-state index in [1.54, 1.807) is 11.6 Å². The van der Waals surface area contributed by atoms with Gasteiger partial charge in [-0.05, 0) is 57.0 Å². The summed E-state index contributed by atoms with van der Waals surface area (Å²) in [6.45, 7) is 6.29. The summed E-state index contributed by atoms with van der Waals surface area (Å²) >= 11 is 0. The molecule has 0 fully saturated rings. The molecule has 28 heavy (non-hydrogen) atoms. The molecule has 1 aromatic heterocycles. The van der Waals surface area contributed by atoms with Gasteiger partial charge in [-0.2, -0.15) is 0 Å². The van der Waals surface area contributed by atoms with Crippen molar-refractivity contribution in [3.05, 3.63) is 41.6 Å². The smallest absolute Gasteiger partial charge is 0.419 e. The number of carbonyl (C=O) groups is 2. The van der Waals surface area contributed by atoms with Gasteiger partial charge in [-0.15, -0.1) is 0 Å². The summed E-state index contributed by atoms with van der Waals surface area (Å²) in [5.41, 5.74) is 3.71. The molecule has 0 saturated heterocycles. The first-order chi connectivity index (χ1) is 13.2. The van der Waals surface area contributed by atoms with Gasteiger partial charge in [0.25, 0.3) is 0 Å². The predicted octanol–water partition coefficient (Wildman–Crippen LogP) is 3.04. The molecule has 1 aromatic carbocycles. The number of carbonyl (C=O) groups excluding carboxylic acids is 2. The van der Waals surface area contributed by atoms with Gasteiger partial charge in [0.1, 0.15) is 5.60 Å². The number of hydrogen-bond donors (Lipinski definition) is 1. The topological polar surface area (TPSA) is 63.6 Å². The first-order valence-corrected chi connectivity index (χ1v) is 9.70. The van der Waals surface area contributed by atoms with Gasteiger partial charge < -0.3 is 10.1 Å². The molecule has 1 amide bonds. The lowest BCUT2D eigenvalue weighted by atomic mass is 9.80. The van der Waals surface area contributed by atoms with Crippen molar-refractivity contribution in [3.63, 3.8) is 0 Å². The van der Waals surface area contributed by atoms with Crippen molar-refractivity contribution in [2.75, 3.05) is 20.6 Å². The summed E-state index contributed by atoms with van der Waals surface area (Å²) < 4.78 is 7.22. The highest BCUT2D eigenvalue weighted by Gasteiger charge is 2.36. The zero-order chi connectivity index (χ0) is 20.2. The maximum atomic E-state index is 12.8. The van der Waals surface area contributed by atoms with E-state index in [4.69, 9.17) is 4.74 Å². The van der Waals surface area contributed by atoms with Gasteiger partial charge in [-0.1, -0.05) is 18.2 Å². The Morgan fingerprint density at radius 3 is 2.68 bits per heavy atom. The molecule has 2 aromatic rings. The van der Waals surface area contributed by atoms with Crippen LogP contribution in [0.4, 0.5) is 4.79 Å². The summed E-state index contributed by atoms with van der Waals surface area (Å²) in [4.78, 5) is 27.2. The zero-order valence-electron chi connectivity index (χ0n) is 17.1. The molecule has 0 saturated carbocycles. The van der Waals surface area contributed by atoms with Crippen LogP contribution in [0.2, 0.25) is 0 Å². The van der Waals surface area contributed by atoms with Crippen LogP contribution >= 0.6 is 0 Å². The number of amides is 1. The second-order valence-electron chi connectivity index (χ2n) is 8.71. The normalized spacial score (nSPS) is 21.8. The Labute approximate surface area is 165 Å². The Balaban J connectivity index is 1.84. The predicted molar refractivity (Wildman–Crippen MR) is 109 cm³/mol. The molecule has 4 rings (SSSR count). The van der Waals surface area contributed by atoms with Crippen LogP contribution in [-0.4, -0.2) is 53.8 Å². The van der Waals surface area contributed by atoms with E-state index in [9.17, 15) is 9.59 Å².